The van der Waals surface area contributed by atoms with Gasteiger partial charge in [-0.3, -0.25) is 19.3 Å². The second-order valence-corrected chi connectivity index (χ2v) is 12.2. The van der Waals surface area contributed by atoms with Gasteiger partial charge in [0.2, 0.25) is 17.7 Å². The molecule has 1 aromatic carbocycles. The number of piperidine rings is 1. The number of nitrogens with zero attached hydrogens (tertiary/aromatic N) is 2. The number of amides is 3. The van der Waals surface area contributed by atoms with Crippen molar-refractivity contribution >= 4 is 17.7 Å². The van der Waals surface area contributed by atoms with E-state index in [2.05, 4.69) is 29.4 Å². The van der Waals surface area contributed by atoms with Crippen LogP contribution in [0.1, 0.15) is 79.4 Å². The number of aliphatic hydroxyl groups excluding tert-OH is 2. The summed E-state index contributed by atoms with van der Waals surface area (Å²) < 4.78 is 0. The normalized spacial score (nSPS) is 19.5. The molecule has 1 aromatic rings. The lowest BCUT2D eigenvalue weighted by atomic mass is 9.95. The molecule has 1 fully saturated rings. The summed E-state index contributed by atoms with van der Waals surface area (Å²) in [5.74, 6) is -0.913. The monoisotopic (exact) mass is 572 g/mol. The van der Waals surface area contributed by atoms with E-state index in [0.29, 0.717) is 11.1 Å². The quantitative estimate of drug-likeness (QED) is 0.270. The third-order valence-electron chi connectivity index (χ3n) is 8.03. The molecular weight excluding hydrogens is 520 g/mol. The predicted octanol–water partition coefficient (Wildman–Crippen LogP) is 3.03. The van der Waals surface area contributed by atoms with Gasteiger partial charge in [-0.2, -0.15) is 0 Å². The molecule has 0 aromatic heterocycles. The van der Waals surface area contributed by atoms with Crippen LogP contribution in [0, 0.1) is 11.8 Å². The Morgan fingerprint density at radius 2 is 1.66 bits per heavy atom. The molecule has 0 spiro atoms. The number of nitrogens with one attached hydrogen (secondary N) is 2. The molecule has 3 amide bonds. The Morgan fingerprint density at radius 1 is 1.02 bits per heavy atom. The average Bonchev–Trinajstić information content (AvgIpc) is 2.95. The molecule has 1 unspecified atom stereocenters. The standard InChI is InChI=1S/C32H52N4O5/c1-20(2)27(18-23(7)30(39)33-25(19-37)29(38)24-14-10-9-11-15-24)35(8)32(41)28(21(3)4)34-31(40)26-16-12-13-17-36(26)22(5)6/h9-11,14-15,18,20-22,25-29,37-38H,12-13,16-17,19H2,1-8H3,(H,33,39)(H,34,40)/b23-18+/t25-,26?,27+,28-,29+/m0/s1. The van der Waals surface area contributed by atoms with Crippen LogP contribution in [0.3, 0.4) is 0 Å². The summed E-state index contributed by atoms with van der Waals surface area (Å²) in [7, 11) is 1.70. The van der Waals surface area contributed by atoms with E-state index < -0.39 is 36.7 Å². The first-order valence-corrected chi connectivity index (χ1v) is 15.0. The first kappa shape index (κ1) is 34.5. The maximum Gasteiger partial charge on any atom is 0.247 e. The molecule has 9 heteroatoms. The predicted molar refractivity (Wildman–Crippen MR) is 162 cm³/mol. The molecule has 0 bridgehead atoms. The number of likely N-dealkylation sites (tertiary alicyclic amines) is 1. The third kappa shape index (κ3) is 9.38. The van der Waals surface area contributed by atoms with Crippen LogP contribution < -0.4 is 10.6 Å². The molecule has 1 saturated heterocycles. The van der Waals surface area contributed by atoms with Crippen molar-refractivity contribution in [2.75, 3.05) is 20.2 Å². The van der Waals surface area contributed by atoms with E-state index in [1.54, 1.807) is 49.2 Å². The summed E-state index contributed by atoms with van der Waals surface area (Å²) in [5, 5.41) is 26.3. The SMILES string of the molecule is C/C(=C\[C@H](C(C)C)N(C)C(=O)[C@@H](NC(=O)C1CCCCN1C(C)C)C(C)C)C(=O)N[C@@H](CO)[C@H](O)c1ccccc1. The molecule has 1 aliphatic rings. The van der Waals surface area contributed by atoms with Gasteiger partial charge in [0.05, 0.1) is 24.7 Å². The van der Waals surface area contributed by atoms with Crippen LogP contribution in [0.25, 0.3) is 0 Å². The molecule has 4 N–H and O–H groups in total. The van der Waals surface area contributed by atoms with E-state index >= 15 is 0 Å². The van der Waals surface area contributed by atoms with Crippen molar-refractivity contribution in [3.63, 3.8) is 0 Å². The summed E-state index contributed by atoms with van der Waals surface area (Å²) in [6.07, 6.45) is 3.49. The van der Waals surface area contributed by atoms with Crippen LogP contribution in [-0.2, 0) is 14.4 Å². The zero-order chi connectivity index (χ0) is 30.9. The molecule has 2 rings (SSSR count). The lowest BCUT2D eigenvalue weighted by Crippen LogP contribution is -2.58. The molecule has 0 radical (unpaired) electrons. The number of hydrogen-bond donors (Lipinski definition) is 4. The fourth-order valence-corrected chi connectivity index (χ4v) is 5.46. The highest BCUT2D eigenvalue weighted by molar-refractivity contribution is 5.93. The minimum Gasteiger partial charge on any atom is -0.394 e. The number of rotatable bonds is 13. The molecule has 41 heavy (non-hydrogen) atoms. The van der Waals surface area contributed by atoms with E-state index in [9.17, 15) is 24.6 Å². The number of likely N-dealkylation sites (N-methyl/N-ethyl adjacent to an activating group) is 1. The second kappa shape index (κ2) is 16.0. The van der Waals surface area contributed by atoms with Crippen molar-refractivity contribution in [3.05, 3.63) is 47.5 Å². The minimum atomic E-state index is -1.07. The first-order chi connectivity index (χ1) is 19.3. The van der Waals surface area contributed by atoms with Gasteiger partial charge in [0.25, 0.3) is 0 Å². The van der Waals surface area contributed by atoms with E-state index in [1.165, 1.54) is 0 Å². The van der Waals surface area contributed by atoms with E-state index in [0.717, 1.165) is 25.8 Å². The highest BCUT2D eigenvalue weighted by Crippen LogP contribution is 2.22. The fourth-order valence-electron chi connectivity index (χ4n) is 5.46. The maximum atomic E-state index is 13.8. The summed E-state index contributed by atoms with van der Waals surface area (Å²) >= 11 is 0. The van der Waals surface area contributed by atoms with Gasteiger partial charge in [0.15, 0.2) is 0 Å². The highest BCUT2D eigenvalue weighted by atomic mass is 16.3. The number of carbonyl (C=O) groups is 3. The zero-order valence-electron chi connectivity index (χ0n) is 26.1. The third-order valence-corrected chi connectivity index (χ3v) is 8.03. The summed E-state index contributed by atoms with van der Waals surface area (Å²) in [5.41, 5.74) is 0.951. The molecule has 1 aliphatic heterocycles. The van der Waals surface area contributed by atoms with Crippen LogP contribution >= 0.6 is 0 Å². The Hall–Kier alpha value is -2.75. The van der Waals surface area contributed by atoms with Crippen LogP contribution in [0.2, 0.25) is 0 Å². The summed E-state index contributed by atoms with van der Waals surface area (Å²) in [4.78, 5) is 44.1. The number of aliphatic hydroxyl groups is 2. The van der Waals surface area contributed by atoms with Gasteiger partial charge in [-0.05, 0) is 57.6 Å². The van der Waals surface area contributed by atoms with E-state index in [1.807, 2.05) is 33.8 Å². The van der Waals surface area contributed by atoms with Gasteiger partial charge in [-0.25, -0.2) is 0 Å². The highest BCUT2D eigenvalue weighted by Gasteiger charge is 2.36. The molecular formula is C32H52N4O5. The molecule has 0 saturated carbocycles. The van der Waals surface area contributed by atoms with Crippen molar-refractivity contribution in [1.82, 2.24) is 20.4 Å². The Labute approximate surface area is 246 Å². The molecule has 230 valence electrons. The summed E-state index contributed by atoms with van der Waals surface area (Å²) in [6, 6.07) is 6.83. The molecule has 1 heterocycles. The Kier molecular flexibility index (Phi) is 13.5. The van der Waals surface area contributed by atoms with Crippen LogP contribution in [0.4, 0.5) is 0 Å². The van der Waals surface area contributed by atoms with Crippen LogP contribution in [0.15, 0.2) is 42.0 Å². The van der Waals surface area contributed by atoms with E-state index in [4.69, 9.17) is 0 Å². The minimum absolute atomic E-state index is 0.0199. The smallest absolute Gasteiger partial charge is 0.247 e. The lowest BCUT2D eigenvalue weighted by molar-refractivity contribution is -0.140. The Bertz CT molecular complexity index is 1030. The van der Waals surface area contributed by atoms with Crippen LogP contribution in [0.5, 0.6) is 0 Å². The number of benzene rings is 1. The number of hydrogen-bond acceptors (Lipinski definition) is 6. The molecule has 0 aliphatic carbocycles. The van der Waals surface area contributed by atoms with Crippen molar-refractivity contribution in [2.24, 2.45) is 11.8 Å². The topological polar surface area (TPSA) is 122 Å². The fraction of sp³-hybridized carbons (Fsp3) is 0.656. The van der Waals surface area contributed by atoms with Gasteiger partial charge in [-0.15, -0.1) is 0 Å². The van der Waals surface area contributed by atoms with Gasteiger partial charge >= 0.3 is 0 Å². The second-order valence-electron chi connectivity index (χ2n) is 12.2. The molecule has 9 nitrogen and oxygen atoms in total. The van der Waals surface area contributed by atoms with E-state index in [-0.39, 0.29) is 35.7 Å². The van der Waals surface area contributed by atoms with Gasteiger partial charge in [-0.1, -0.05) is 70.5 Å². The maximum absolute atomic E-state index is 13.8. The largest absolute Gasteiger partial charge is 0.394 e. The van der Waals surface area contributed by atoms with Crippen molar-refractivity contribution in [1.29, 1.82) is 0 Å². The van der Waals surface area contributed by atoms with Crippen molar-refractivity contribution < 1.29 is 24.6 Å². The van der Waals surface area contributed by atoms with Crippen LogP contribution in [-0.4, -0.2) is 88.1 Å². The van der Waals surface area contributed by atoms with Crippen molar-refractivity contribution in [2.45, 2.75) is 104 Å². The number of carbonyl (C=O) groups excluding carboxylic acids is 3. The molecule has 5 atom stereocenters. The Balaban J connectivity index is 2.18. The average molecular weight is 573 g/mol. The summed E-state index contributed by atoms with van der Waals surface area (Å²) in [6.45, 7) is 14.0. The van der Waals surface area contributed by atoms with Gasteiger partial charge < -0.3 is 25.7 Å². The zero-order valence-corrected chi connectivity index (χ0v) is 26.1. The first-order valence-electron chi connectivity index (χ1n) is 15.0. The lowest BCUT2D eigenvalue weighted by Gasteiger charge is -2.39. The Morgan fingerprint density at radius 3 is 2.20 bits per heavy atom. The van der Waals surface area contributed by atoms with Gasteiger partial charge in [0, 0.05) is 18.7 Å². The van der Waals surface area contributed by atoms with Crippen molar-refractivity contribution in [3.8, 4) is 0 Å². The van der Waals surface area contributed by atoms with Gasteiger partial charge in [0.1, 0.15) is 12.1 Å².